The summed E-state index contributed by atoms with van der Waals surface area (Å²) in [5.74, 6) is -1.06. The maximum absolute atomic E-state index is 11.8. The molecule has 0 saturated heterocycles. The monoisotopic (exact) mass is 343 g/mol. The summed E-state index contributed by atoms with van der Waals surface area (Å²) in [7, 11) is 0. The molecule has 0 spiro atoms. The second-order valence-corrected chi connectivity index (χ2v) is 5.97. The highest BCUT2D eigenvalue weighted by atomic mass is 35.5. The molecule has 110 valence electrons. The highest BCUT2D eigenvalue weighted by Crippen LogP contribution is 2.34. The van der Waals surface area contributed by atoms with E-state index in [0.29, 0.717) is 21.3 Å². The first-order valence-corrected chi connectivity index (χ1v) is 7.19. The van der Waals surface area contributed by atoms with Crippen molar-refractivity contribution in [2.24, 2.45) is 0 Å². The van der Waals surface area contributed by atoms with Crippen molar-refractivity contribution in [3.05, 3.63) is 63.1 Å². The molecule has 0 amide bonds. The lowest BCUT2D eigenvalue weighted by molar-refractivity contribution is -0.142. The molecule has 0 fully saturated rings. The van der Waals surface area contributed by atoms with Gasteiger partial charge < -0.3 is 10.4 Å². The van der Waals surface area contributed by atoms with Gasteiger partial charge >= 0.3 is 5.97 Å². The van der Waals surface area contributed by atoms with Crippen LogP contribution >= 0.6 is 34.8 Å². The molecule has 2 N–H and O–H groups in total. The Balaban J connectivity index is 2.48. The van der Waals surface area contributed by atoms with Crippen LogP contribution < -0.4 is 5.32 Å². The SMILES string of the molecule is CC(Nc1cccc(Cl)c1)(C(=O)O)c1ccc(Cl)cc1Cl. The van der Waals surface area contributed by atoms with Crippen LogP contribution in [0, 0.1) is 0 Å². The van der Waals surface area contributed by atoms with E-state index in [0.717, 1.165) is 0 Å². The zero-order chi connectivity index (χ0) is 15.6. The van der Waals surface area contributed by atoms with Crippen LogP contribution in [0.2, 0.25) is 15.1 Å². The summed E-state index contributed by atoms with van der Waals surface area (Å²) < 4.78 is 0. The zero-order valence-corrected chi connectivity index (χ0v) is 13.3. The smallest absolute Gasteiger partial charge is 0.333 e. The van der Waals surface area contributed by atoms with E-state index in [9.17, 15) is 9.90 Å². The van der Waals surface area contributed by atoms with Crippen LogP contribution in [0.5, 0.6) is 0 Å². The first-order chi connectivity index (χ1) is 9.83. The van der Waals surface area contributed by atoms with E-state index in [-0.39, 0.29) is 5.02 Å². The molecule has 0 saturated carbocycles. The average molecular weight is 345 g/mol. The predicted octanol–water partition coefficient (Wildman–Crippen LogP) is 5.06. The van der Waals surface area contributed by atoms with Gasteiger partial charge in [0, 0.05) is 26.3 Å². The highest BCUT2D eigenvalue weighted by molar-refractivity contribution is 6.35. The molecule has 3 nitrogen and oxygen atoms in total. The van der Waals surface area contributed by atoms with Gasteiger partial charge in [0.2, 0.25) is 0 Å². The number of carboxylic acid groups (broad SMARTS) is 1. The topological polar surface area (TPSA) is 49.3 Å². The number of hydrogen-bond acceptors (Lipinski definition) is 2. The lowest BCUT2D eigenvalue weighted by Gasteiger charge is -2.29. The van der Waals surface area contributed by atoms with Gasteiger partial charge in [0.15, 0.2) is 5.54 Å². The highest BCUT2D eigenvalue weighted by Gasteiger charge is 2.37. The van der Waals surface area contributed by atoms with Gasteiger partial charge in [-0.3, -0.25) is 0 Å². The lowest BCUT2D eigenvalue weighted by atomic mass is 9.91. The summed E-state index contributed by atoms with van der Waals surface area (Å²) in [4.78, 5) is 11.8. The van der Waals surface area contributed by atoms with Gasteiger partial charge in [-0.25, -0.2) is 4.79 Å². The zero-order valence-electron chi connectivity index (χ0n) is 11.0. The second-order valence-electron chi connectivity index (χ2n) is 4.69. The van der Waals surface area contributed by atoms with E-state index in [1.807, 2.05) is 0 Å². The third-order valence-electron chi connectivity index (χ3n) is 3.12. The standard InChI is InChI=1S/C15H12Cl3NO2/c1-15(14(20)21,12-6-5-10(17)8-13(12)18)19-11-4-2-3-9(16)7-11/h2-8,19H,1H3,(H,20,21). The molecule has 0 aromatic heterocycles. The number of carboxylic acids is 1. The van der Waals surface area contributed by atoms with Crippen LogP contribution in [-0.2, 0) is 10.3 Å². The van der Waals surface area contributed by atoms with E-state index in [4.69, 9.17) is 34.8 Å². The maximum atomic E-state index is 11.8. The molecule has 1 unspecified atom stereocenters. The van der Waals surface area contributed by atoms with Crippen LogP contribution in [0.1, 0.15) is 12.5 Å². The summed E-state index contributed by atoms with van der Waals surface area (Å²) >= 11 is 17.9. The molecule has 2 rings (SSSR count). The molecular weight excluding hydrogens is 333 g/mol. The number of hydrogen-bond donors (Lipinski definition) is 2. The second kappa shape index (κ2) is 6.14. The van der Waals surface area contributed by atoms with E-state index in [1.54, 1.807) is 36.4 Å². The van der Waals surface area contributed by atoms with E-state index < -0.39 is 11.5 Å². The quantitative estimate of drug-likeness (QED) is 0.815. The summed E-state index contributed by atoms with van der Waals surface area (Å²) in [6.45, 7) is 1.53. The first kappa shape index (κ1) is 16.0. The predicted molar refractivity (Wildman–Crippen MR) is 86.5 cm³/mol. The molecule has 2 aromatic rings. The van der Waals surface area contributed by atoms with Gasteiger partial charge in [-0.05, 0) is 37.3 Å². The van der Waals surface area contributed by atoms with Crippen molar-refractivity contribution >= 4 is 46.5 Å². The van der Waals surface area contributed by atoms with Gasteiger partial charge in [-0.2, -0.15) is 0 Å². The van der Waals surface area contributed by atoms with Crippen molar-refractivity contribution in [2.75, 3.05) is 5.32 Å². The van der Waals surface area contributed by atoms with Gasteiger partial charge in [0.25, 0.3) is 0 Å². The van der Waals surface area contributed by atoms with Crippen LogP contribution in [0.4, 0.5) is 5.69 Å². The van der Waals surface area contributed by atoms with E-state index in [1.165, 1.54) is 13.0 Å². The molecule has 21 heavy (non-hydrogen) atoms. The summed E-state index contributed by atoms with van der Waals surface area (Å²) in [5.41, 5.74) is -0.411. The van der Waals surface area contributed by atoms with E-state index in [2.05, 4.69) is 5.32 Å². The summed E-state index contributed by atoms with van der Waals surface area (Å²) in [6.07, 6.45) is 0. The fourth-order valence-corrected chi connectivity index (χ4v) is 2.77. The van der Waals surface area contributed by atoms with Crippen molar-refractivity contribution in [2.45, 2.75) is 12.5 Å². The number of nitrogens with one attached hydrogen (secondary N) is 1. The van der Waals surface area contributed by atoms with Crippen LogP contribution in [0.25, 0.3) is 0 Å². The fraction of sp³-hybridized carbons (Fsp3) is 0.133. The van der Waals surface area contributed by atoms with Gasteiger partial charge in [-0.15, -0.1) is 0 Å². The Labute approximate surface area is 137 Å². The molecule has 1 atom stereocenters. The van der Waals surface area contributed by atoms with Crippen LogP contribution in [-0.4, -0.2) is 11.1 Å². The number of benzene rings is 2. The largest absolute Gasteiger partial charge is 0.479 e. The van der Waals surface area contributed by atoms with Crippen molar-refractivity contribution in [1.29, 1.82) is 0 Å². The normalized spacial score (nSPS) is 13.5. The molecular formula is C15H12Cl3NO2. The Kier molecular flexibility index (Phi) is 4.67. The number of halogens is 3. The van der Waals surface area contributed by atoms with Gasteiger partial charge in [0.1, 0.15) is 0 Å². The van der Waals surface area contributed by atoms with Crippen molar-refractivity contribution in [3.8, 4) is 0 Å². The summed E-state index contributed by atoms with van der Waals surface area (Å²) in [5, 5.41) is 13.8. The number of rotatable bonds is 4. The summed E-state index contributed by atoms with van der Waals surface area (Å²) in [6, 6.07) is 11.5. The molecule has 0 heterocycles. The van der Waals surface area contributed by atoms with Crippen molar-refractivity contribution < 1.29 is 9.90 Å². The molecule has 0 aliphatic rings. The lowest BCUT2D eigenvalue weighted by Crippen LogP contribution is -2.40. The average Bonchev–Trinajstić information content (AvgIpc) is 2.38. The molecule has 2 aromatic carbocycles. The van der Waals surface area contributed by atoms with Crippen LogP contribution in [0.3, 0.4) is 0 Å². The minimum absolute atomic E-state index is 0.280. The molecule has 0 radical (unpaired) electrons. The maximum Gasteiger partial charge on any atom is 0.333 e. The Bertz CT molecular complexity index is 690. The Morgan fingerprint density at radius 3 is 2.33 bits per heavy atom. The number of anilines is 1. The van der Waals surface area contributed by atoms with E-state index >= 15 is 0 Å². The third-order valence-corrected chi connectivity index (χ3v) is 3.90. The molecule has 0 aliphatic heterocycles. The number of aliphatic carboxylic acids is 1. The first-order valence-electron chi connectivity index (χ1n) is 6.05. The minimum atomic E-state index is -1.41. The van der Waals surface area contributed by atoms with Crippen molar-refractivity contribution in [3.63, 3.8) is 0 Å². The minimum Gasteiger partial charge on any atom is -0.479 e. The van der Waals surface area contributed by atoms with Crippen LogP contribution in [0.15, 0.2) is 42.5 Å². The molecule has 0 aliphatic carbocycles. The fourth-order valence-electron chi connectivity index (χ4n) is 1.99. The molecule has 0 bridgehead atoms. The Hall–Kier alpha value is -1.42. The Morgan fingerprint density at radius 1 is 1.10 bits per heavy atom. The van der Waals surface area contributed by atoms with Gasteiger partial charge in [-0.1, -0.05) is 46.9 Å². The van der Waals surface area contributed by atoms with Crippen molar-refractivity contribution in [1.82, 2.24) is 0 Å². The molecule has 6 heteroatoms. The van der Waals surface area contributed by atoms with Gasteiger partial charge in [0.05, 0.1) is 0 Å². The third kappa shape index (κ3) is 3.43. The number of carbonyl (C=O) groups is 1. The Morgan fingerprint density at radius 2 is 1.76 bits per heavy atom.